The Bertz CT molecular complexity index is 1590. The van der Waals surface area contributed by atoms with Crippen molar-refractivity contribution in [3.8, 4) is 0 Å². The lowest BCUT2D eigenvalue weighted by Crippen LogP contribution is -2.63. The van der Waals surface area contributed by atoms with Gasteiger partial charge in [-0.25, -0.2) is 9.59 Å². The fourth-order valence-corrected chi connectivity index (χ4v) is 9.76. The fourth-order valence-electron chi connectivity index (χ4n) is 8.43. The predicted octanol–water partition coefficient (Wildman–Crippen LogP) is 4.53. The minimum atomic E-state index is -4.68. The van der Waals surface area contributed by atoms with Gasteiger partial charge in [-0.15, -0.1) is 11.3 Å². The molecule has 5 amide bonds. The highest BCUT2D eigenvalue weighted by Gasteiger charge is 2.40. The van der Waals surface area contributed by atoms with Gasteiger partial charge in [-0.1, -0.05) is 0 Å². The molecule has 272 valence electrons. The molecule has 8 rings (SSSR count). The summed E-state index contributed by atoms with van der Waals surface area (Å²) in [5.74, 6) is 0.365. The Labute approximate surface area is 302 Å². The zero-order valence-electron chi connectivity index (χ0n) is 27.9. The van der Waals surface area contributed by atoms with Gasteiger partial charge in [0.25, 0.3) is 0 Å². The number of thiophene rings is 1. The number of hydrogen-bond donors (Lipinski definition) is 3. The molecule has 6 aliphatic rings. The zero-order chi connectivity index (χ0) is 35.2. The summed E-state index contributed by atoms with van der Waals surface area (Å²) >= 11 is 4.72. The molecule has 2 aromatic rings. The average molecular weight is 782 g/mol. The quantitative estimate of drug-likeness (QED) is 0.372. The molecule has 16 heteroatoms. The molecular weight excluding hydrogens is 737 g/mol. The third kappa shape index (κ3) is 7.44. The molecule has 0 saturated carbocycles. The van der Waals surface area contributed by atoms with E-state index in [4.69, 9.17) is 5.73 Å². The second-order valence-corrected chi connectivity index (χ2v) is 15.8. The molecule has 1 unspecified atom stereocenters. The number of nitrogens with two attached hydrogens (primary N) is 1. The lowest BCUT2D eigenvalue weighted by molar-refractivity contribution is -0.137. The van der Waals surface area contributed by atoms with Gasteiger partial charge < -0.3 is 36.0 Å². The number of urea groups is 2. The molecule has 2 atom stereocenters. The Morgan fingerprint density at radius 1 is 0.980 bits per heavy atom. The van der Waals surface area contributed by atoms with Gasteiger partial charge in [0, 0.05) is 80.7 Å². The number of benzene rings is 1. The molecule has 50 heavy (non-hydrogen) atoms. The fraction of sp³-hybridized carbons (Fsp3) is 0.618. The molecule has 0 spiro atoms. The number of halogens is 4. The van der Waals surface area contributed by atoms with Gasteiger partial charge in [0.05, 0.1) is 16.9 Å². The third-order valence-electron chi connectivity index (χ3n) is 11.3. The molecule has 4 N–H and O–H groups in total. The molecule has 0 radical (unpaired) electrons. The van der Waals surface area contributed by atoms with E-state index in [9.17, 15) is 27.6 Å². The van der Waals surface area contributed by atoms with E-state index < -0.39 is 29.5 Å². The first-order valence-corrected chi connectivity index (χ1v) is 19.3. The number of amides is 5. The van der Waals surface area contributed by atoms with E-state index in [0.717, 1.165) is 56.5 Å². The maximum Gasteiger partial charge on any atom is 0.418 e. The van der Waals surface area contributed by atoms with Crippen LogP contribution >= 0.6 is 27.3 Å². The summed E-state index contributed by atoms with van der Waals surface area (Å²) < 4.78 is 41.7. The van der Waals surface area contributed by atoms with Crippen molar-refractivity contribution in [2.75, 3.05) is 76.5 Å². The van der Waals surface area contributed by atoms with Crippen LogP contribution in [0.1, 0.15) is 42.4 Å². The van der Waals surface area contributed by atoms with Gasteiger partial charge in [-0.3, -0.25) is 9.69 Å². The summed E-state index contributed by atoms with van der Waals surface area (Å²) in [5, 5.41) is 9.89. The Hall–Kier alpha value is -3.08. The molecule has 5 saturated heterocycles. The zero-order valence-corrected chi connectivity index (χ0v) is 30.3. The normalized spacial score (nSPS) is 25.6. The van der Waals surface area contributed by atoms with Crippen LogP contribution < -0.4 is 16.4 Å². The number of carbonyl (C=O) groups is 3. The van der Waals surface area contributed by atoms with Gasteiger partial charge in [0.1, 0.15) is 6.04 Å². The maximum atomic E-state index is 14.1. The molecule has 0 aliphatic carbocycles. The highest BCUT2D eigenvalue weighted by Crippen LogP contribution is 2.38. The number of fused-ring (bicyclic) bond motifs is 4. The number of carbonyl (C=O) groups excluding carboxylic acids is 3. The summed E-state index contributed by atoms with van der Waals surface area (Å²) in [7, 11) is 0. The smallest absolute Gasteiger partial charge is 0.397 e. The highest BCUT2D eigenvalue weighted by molar-refractivity contribution is 9.10. The predicted molar refractivity (Wildman–Crippen MR) is 189 cm³/mol. The number of piperidine rings is 4. The lowest BCUT2D eigenvalue weighted by Gasteiger charge is -2.51. The number of alkyl halides is 3. The summed E-state index contributed by atoms with van der Waals surface area (Å²) in [6.07, 6.45) is -0.493. The molecule has 1 aromatic carbocycles. The van der Waals surface area contributed by atoms with Crippen molar-refractivity contribution in [1.82, 2.24) is 29.8 Å². The number of anilines is 2. The van der Waals surface area contributed by atoms with Crippen LogP contribution in [0.5, 0.6) is 0 Å². The highest BCUT2D eigenvalue weighted by atomic mass is 79.9. The third-order valence-corrected chi connectivity index (χ3v) is 12.8. The van der Waals surface area contributed by atoms with Crippen LogP contribution in [0.15, 0.2) is 27.4 Å². The SMILES string of the molecule is Nc1c(Br)cc(C[C@@H](NC(=O)N2CCC(N3CCc4cscc4NC3=O)CC2)C(=O)N2CCN(C3CN4CCC3CC4)CC2)cc1C(F)(F)F. The number of piperazine rings is 1. The second kappa shape index (κ2) is 14.5. The van der Waals surface area contributed by atoms with Crippen LogP contribution in [0.25, 0.3) is 0 Å². The summed E-state index contributed by atoms with van der Waals surface area (Å²) in [5.41, 5.74) is 6.57. The Kier molecular flexibility index (Phi) is 10.2. The Morgan fingerprint density at radius 3 is 2.36 bits per heavy atom. The summed E-state index contributed by atoms with van der Waals surface area (Å²) in [6, 6.07) is 1.24. The molecule has 2 bridgehead atoms. The molecule has 6 aliphatic heterocycles. The van der Waals surface area contributed by atoms with Crippen LogP contribution in [0.2, 0.25) is 0 Å². The van der Waals surface area contributed by atoms with Gasteiger partial charge in [-0.05, 0) is 95.7 Å². The van der Waals surface area contributed by atoms with Crippen molar-refractivity contribution in [3.63, 3.8) is 0 Å². The Morgan fingerprint density at radius 2 is 1.70 bits per heavy atom. The van der Waals surface area contributed by atoms with Crippen LogP contribution in [0.3, 0.4) is 0 Å². The van der Waals surface area contributed by atoms with Crippen LogP contribution in [0.4, 0.5) is 34.1 Å². The monoisotopic (exact) mass is 780 g/mol. The average Bonchev–Trinajstić information content (AvgIpc) is 3.49. The van der Waals surface area contributed by atoms with Crippen molar-refractivity contribution in [1.29, 1.82) is 0 Å². The molecule has 7 heterocycles. The standard InChI is InChI=1S/C34H44BrF3N8O3S/c35-26-16-21(15-25(30(26)39)34(36,37)38)17-27(31(47)44-13-11-43(12-14-44)29-18-42-6-1-22(29)2-7-42)40-32(48)45-8-4-24(5-9-45)46-10-3-23-19-50-20-28(23)41-33(46)49/h15-16,19-20,22,24,27,29H,1-14,17-18,39H2,(H,40,48)(H,41,49)/t27-,29?/m1/s1. The molecule has 5 fully saturated rings. The van der Waals surface area contributed by atoms with Crippen LogP contribution in [0, 0.1) is 5.92 Å². The van der Waals surface area contributed by atoms with Gasteiger partial charge in [-0.2, -0.15) is 13.2 Å². The maximum absolute atomic E-state index is 14.1. The van der Waals surface area contributed by atoms with Crippen LogP contribution in [-0.2, 0) is 23.8 Å². The molecule has 1 aromatic heterocycles. The number of hydrogen-bond acceptors (Lipinski definition) is 7. The van der Waals surface area contributed by atoms with Crippen molar-refractivity contribution >= 4 is 56.6 Å². The lowest BCUT2D eigenvalue weighted by atomic mass is 9.83. The van der Waals surface area contributed by atoms with E-state index in [2.05, 4.69) is 41.7 Å². The molecule has 11 nitrogen and oxygen atoms in total. The second-order valence-electron chi connectivity index (χ2n) is 14.2. The number of nitrogens with one attached hydrogen (secondary N) is 2. The van der Waals surface area contributed by atoms with E-state index in [0.29, 0.717) is 57.5 Å². The van der Waals surface area contributed by atoms with Gasteiger partial charge in [0.15, 0.2) is 0 Å². The first-order chi connectivity index (χ1) is 23.9. The van der Waals surface area contributed by atoms with E-state index in [1.54, 1.807) is 21.1 Å². The van der Waals surface area contributed by atoms with Crippen LogP contribution in [-0.4, -0.2) is 126 Å². The van der Waals surface area contributed by atoms with E-state index in [-0.39, 0.29) is 34.4 Å². The number of rotatable bonds is 6. The van der Waals surface area contributed by atoms with Crippen molar-refractivity contribution in [3.05, 3.63) is 44.1 Å². The summed E-state index contributed by atoms with van der Waals surface area (Å²) in [6.45, 7) is 7.13. The van der Waals surface area contributed by atoms with Crippen molar-refractivity contribution < 1.29 is 27.6 Å². The first kappa shape index (κ1) is 35.3. The number of nitrogen functional groups attached to an aromatic ring is 1. The number of likely N-dealkylation sites (tertiary alicyclic amines) is 1. The minimum Gasteiger partial charge on any atom is -0.397 e. The minimum absolute atomic E-state index is 0.0375. The number of nitrogens with zero attached hydrogens (tertiary/aromatic N) is 5. The topological polar surface area (TPSA) is 117 Å². The van der Waals surface area contributed by atoms with Gasteiger partial charge >= 0.3 is 18.2 Å². The Balaban J connectivity index is 1.02. The molecular formula is C34H44BrF3N8O3S. The summed E-state index contributed by atoms with van der Waals surface area (Å²) in [4.78, 5) is 51.0. The van der Waals surface area contributed by atoms with E-state index in [1.165, 1.54) is 18.9 Å². The van der Waals surface area contributed by atoms with Crippen molar-refractivity contribution in [2.24, 2.45) is 5.92 Å². The van der Waals surface area contributed by atoms with E-state index in [1.807, 2.05) is 10.3 Å². The van der Waals surface area contributed by atoms with Gasteiger partial charge in [0.2, 0.25) is 5.91 Å². The van der Waals surface area contributed by atoms with E-state index >= 15 is 0 Å². The largest absolute Gasteiger partial charge is 0.418 e. The van der Waals surface area contributed by atoms with Crippen molar-refractivity contribution in [2.45, 2.75) is 62.8 Å². The first-order valence-electron chi connectivity index (χ1n) is 17.5.